The van der Waals surface area contributed by atoms with Crippen molar-refractivity contribution in [3.63, 3.8) is 0 Å². The Hall–Kier alpha value is -4.11. The van der Waals surface area contributed by atoms with Gasteiger partial charge in [-0.25, -0.2) is 23.6 Å². The van der Waals surface area contributed by atoms with E-state index in [2.05, 4.69) is 10.4 Å². The van der Waals surface area contributed by atoms with Crippen LogP contribution in [0.2, 0.25) is 0 Å². The van der Waals surface area contributed by atoms with Crippen LogP contribution in [0.3, 0.4) is 0 Å². The van der Waals surface area contributed by atoms with E-state index in [0.717, 1.165) is 22.9 Å². The number of hydrogen-bond acceptors (Lipinski definition) is 4. The fourth-order valence-corrected chi connectivity index (χ4v) is 5.09. The van der Waals surface area contributed by atoms with Crippen molar-refractivity contribution in [3.05, 3.63) is 101 Å². The molecule has 0 saturated heterocycles. The Balaban J connectivity index is 1.31. The Morgan fingerprint density at radius 3 is 2.49 bits per heavy atom. The molecule has 6 rings (SSSR count). The molecule has 0 atom stereocenters. The van der Waals surface area contributed by atoms with Crippen molar-refractivity contribution in [3.8, 4) is 11.3 Å². The zero-order valence-corrected chi connectivity index (χ0v) is 20.3. The van der Waals surface area contributed by atoms with Crippen molar-refractivity contribution >= 4 is 17.1 Å². The van der Waals surface area contributed by atoms with E-state index in [1.54, 1.807) is 12.3 Å². The number of imidazole rings is 1. The number of fused-ring (bicyclic) bond motifs is 1. The number of pyridine rings is 1. The van der Waals surface area contributed by atoms with Crippen LogP contribution in [0.25, 0.3) is 22.5 Å². The van der Waals surface area contributed by atoms with E-state index >= 15 is 4.39 Å². The maximum absolute atomic E-state index is 15.3. The molecular weight excluding hydrogens is 479 g/mol. The van der Waals surface area contributed by atoms with Gasteiger partial charge in [-0.1, -0.05) is 12.1 Å². The summed E-state index contributed by atoms with van der Waals surface area (Å²) in [6, 6.07) is 11.7. The number of nitrogens with zero attached hydrogens (tertiary/aromatic N) is 4. The van der Waals surface area contributed by atoms with E-state index in [1.165, 1.54) is 36.2 Å². The third kappa shape index (κ3) is 3.86. The van der Waals surface area contributed by atoms with Gasteiger partial charge in [0.25, 0.3) is 5.91 Å². The average molecular weight is 504 g/mol. The van der Waals surface area contributed by atoms with Crippen molar-refractivity contribution in [2.75, 3.05) is 20.6 Å². The summed E-state index contributed by atoms with van der Waals surface area (Å²) in [6.07, 6.45) is 6.68. The van der Waals surface area contributed by atoms with Crippen LogP contribution in [0.1, 0.15) is 34.3 Å². The molecule has 2 aromatic carbocycles. The largest absolute Gasteiger partial charge is 0.332 e. The van der Waals surface area contributed by atoms with Gasteiger partial charge in [-0.15, -0.1) is 0 Å². The molecule has 1 aliphatic carbocycles. The minimum atomic E-state index is -0.907. The lowest BCUT2D eigenvalue weighted by Crippen LogP contribution is -2.38. The van der Waals surface area contributed by atoms with Crippen LogP contribution >= 0.6 is 0 Å². The van der Waals surface area contributed by atoms with Crippen LogP contribution in [0.15, 0.2) is 67.1 Å². The Morgan fingerprint density at radius 2 is 1.81 bits per heavy atom. The van der Waals surface area contributed by atoms with Gasteiger partial charge < -0.3 is 9.91 Å². The SMILES string of the molecule is CN1C=C(c2ccc3ncc(-c4ccc(C(=O)N(C)C5(c6ccc(F)cc6F)CC5)c(F)c4)n3c2)CN1. The van der Waals surface area contributed by atoms with Crippen LogP contribution in [-0.2, 0) is 5.54 Å². The highest BCUT2D eigenvalue weighted by atomic mass is 19.1. The lowest BCUT2D eigenvalue weighted by molar-refractivity contribution is 0.0697. The van der Waals surface area contributed by atoms with Gasteiger partial charge in [0.15, 0.2) is 0 Å². The molecule has 6 nitrogen and oxygen atoms in total. The zero-order chi connectivity index (χ0) is 25.9. The van der Waals surface area contributed by atoms with E-state index in [1.807, 2.05) is 41.0 Å². The second-order valence-corrected chi connectivity index (χ2v) is 9.60. The molecule has 0 unspecified atom stereocenters. The smallest absolute Gasteiger partial charge is 0.257 e. The number of benzene rings is 2. The van der Waals surface area contributed by atoms with Crippen molar-refractivity contribution in [2.24, 2.45) is 0 Å². The molecule has 2 aliphatic rings. The van der Waals surface area contributed by atoms with Gasteiger partial charge in [0, 0.05) is 50.2 Å². The second kappa shape index (κ2) is 8.48. The monoisotopic (exact) mass is 503 g/mol. The first kappa shape index (κ1) is 23.3. The van der Waals surface area contributed by atoms with E-state index in [0.29, 0.717) is 30.6 Å². The summed E-state index contributed by atoms with van der Waals surface area (Å²) in [7, 11) is 3.46. The fourth-order valence-electron chi connectivity index (χ4n) is 5.09. The maximum atomic E-state index is 15.3. The summed E-state index contributed by atoms with van der Waals surface area (Å²) < 4.78 is 45.2. The van der Waals surface area contributed by atoms with Crippen LogP contribution in [0.5, 0.6) is 0 Å². The number of amides is 1. The van der Waals surface area contributed by atoms with E-state index in [9.17, 15) is 13.6 Å². The summed E-state index contributed by atoms with van der Waals surface area (Å²) in [6.45, 7) is 0.703. The Labute approximate surface area is 211 Å². The van der Waals surface area contributed by atoms with Crippen molar-refractivity contribution in [1.82, 2.24) is 24.7 Å². The molecule has 3 heterocycles. The number of rotatable bonds is 5. The first-order valence-electron chi connectivity index (χ1n) is 11.9. The molecule has 4 aromatic rings. The lowest BCUT2D eigenvalue weighted by atomic mass is 10.0. The van der Waals surface area contributed by atoms with Crippen molar-refractivity contribution in [1.29, 1.82) is 0 Å². The van der Waals surface area contributed by atoms with Gasteiger partial charge in [-0.3, -0.25) is 9.20 Å². The standard InChI is InChI=1S/C28H24F3N5O/c1-34-15-19(13-33-34)18-4-8-26-32-14-25(36(26)16-18)17-3-6-21(23(30)11-17)27(37)35(2)28(9-10-28)22-7-5-20(29)12-24(22)31/h3-8,11-12,14-16,33H,9-10,13H2,1-2H3. The summed E-state index contributed by atoms with van der Waals surface area (Å²) >= 11 is 0. The first-order chi connectivity index (χ1) is 17.8. The van der Waals surface area contributed by atoms with Crippen LogP contribution in [0, 0.1) is 17.5 Å². The van der Waals surface area contributed by atoms with Crippen LogP contribution in [-0.4, -0.2) is 45.8 Å². The molecule has 0 radical (unpaired) electrons. The number of hydrogen-bond donors (Lipinski definition) is 1. The number of carbonyl (C=O) groups excluding carboxylic acids is 1. The maximum Gasteiger partial charge on any atom is 0.257 e. The third-order valence-electron chi connectivity index (χ3n) is 7.34. The molecule has 1 N–H and O–H groups in total. The fraction of sp³-hybridized carbons (Fsp3) is 0.214. The van der Waals surface area contributed by atoms with E-state index in [-0.39, 0.29) is 11.1 Å². The molecule has 1 fully saturated rings. The highest BCUT2D eigenvalue weighted by molar-refractivity contribution is 5.95. The molecular formula is C28H24F3N5O. The Bertz CT molecular complexity index is 1590. The van der Waals surface area contributed by atoms with Gasteiger partial charge in [-0.05, 0) is 54.3 Å². The van der Waals surface area contributed by atoms with Gasteiger partial charge >= 0.3 is 0 Å². The summed E-state index contributed by atoms with van der Waals surface area (Å²) in [4.78, 5) is 19.1. The lowest BCUT2D eigenvalue weighted by Gasteiger charge is -2.29. The predicted molar refractivity (Wildman–Crippen MR) is 134 cm³/mol. The minimum Gasteiger partial charge on any atom is -0.332 e. The summed E-state index contributed by atoms with van der Waals surface area (Å²) in [5, 5.41) is 1.90. The molecule has 1 aliphatic heterocycles. The Kier molecular flexibility index (Phi) is 5.34. The number of aromatic nitrogens is 2. The molecule has 1 saturated carbocycles. The first-order valence-corrected chi connectivity index (χ1v) is 11.9. The topological polar surface area (TPSA) is 52.9 Å². The van der Waals surface area contributed by atoms with Gasteiger partial charge in [0.1, 0.15) is 23.1 Å². The normalized spacial score (nSPS) is 16.2. The average Bonchev–Trinajstić information content (AvgIpc) is 3.37. The summed E-state index contributed by atoms with van der Waals surface area (Å²) in [5.41, 5.74) is 6.54. The van der Waals surface area contributed by atoms with Crippen molar-refractivity contribution < 1.29 is 18.0 Å². The highest BCUT2D eigenvalue weighted by Crippen LogP contribution is 2.51. The van der Waals surface area contributed by atoms with Gasteiger partial charge in [-0.2, -0.15) is 0 Å². The molecule has 0 spiro atoms. The quantitative estimate of drug-likeness (QED) is 0.418. The van der Waals surface area contributed by atoms with E-state index in [4.69, 9.17) is 0 Å². The minimum absolute atomic E-state index is 0.111. The highest BCUT2D eigenvalue weighted by Gasteiger charge is 2.51. The van der Waals surface area contributed by atoms with Gasteiger partial charge in [0.05, 0.1) is 23.0 Å². The third-order valence-corrected chi connectivity index (χ3v) is 7.34. The number of halogens is 3. The van der Waals surface area contributed by atoms with Crippen LogP contribution in [0.4, 0.5) is 13.2 Å². The van der Waals surface area contributed by atoms with Crippen molar-refractivity contribution in [2.45, 2.75) is 18.4 Å². The molecule has 9 heteroatoms. The number of carbonyl (C=O) groups is 1. The molecule has 2 aromatic heterocycles. The molecule has 0 bridgehead atoms. The molecule has 37 heavy (non-hydrogen) atoms. The zero-order valence-electron chi connectivity index (χ0n) is 20.3. The summed E-state index contributed by atoms with van der Waals surface area (Å²) in [5.74, 6) is -2.64. The number of hydrazine groups is 1. The van der Waals surface area contributed by atoms with Crippen LogP contribution < -0.4 is 5.43 Å². The van der Waals surface area contributed by atoms with E-state index < -0.39 is 28.9 Å². The number of nitrogens with one attached hydrogen (secondary N) is 1. The predicted octanol–water partition coefficient (Wildman–Crippen LogP) is 4.97. The Morgan fingerprint density at radius 1 is 1.03 bits per heavy atom. The second-order valence-electron chi connectivity index (χ2n) is 9.60. The van der Waals surface area contributed by atoms with Gasteiger partial charge in [0.2, 0.25) is 0 Å². The molecule has 188 valence electrons. The molecule has 1 amide bonds.